The number of aromatic nitrogens is 1. The number of para-hydroxylation sites is 1. The Balaban J connectivity index is 1.97. The van der Waals surface area contributed by atoms with E-state index in [0.717, 1.165) is 59.2 Å². The molecule has 4 rings (SSSR count). The summed E-state index contributed by atoms with van der Waals surface area (Å²) in [7, 11) is 0. The number of phenols is 1. The van der Waals surface area contributed by atoms with E-state index in [9.17, 15) is 13.9 Å². The molecular formula is C26H33N3O3S. The second kappa shape index (κ2) is 10.6. The van der Waals surface area contributed by atoms with E-state index in [1.807, 2.05) is 30.3 Å². The lowest BCUT2D eigenvalue weighted by molar-refractivity contribution is 0.220. The van der Waals surface area contributed by atoms with Crippen molar-refractivity contribution in [3.8, 4) is 16.9 Å². The monoisotopic (exact) mass is 467 g/mol. The average Bonchev–Trinajstić information content (AvgIpc) is 2.83. The highest BCUT2D eigenvalue weighted by Gasteiger charge is 2.29. The molecule has 6 nitrogen and oxygen atoms in total. The number of anilines is 1. The smallest absolute Gasteiger partial charge is 0.157 e. The third kappa shape index (κ3) is 5.05. The van der Waals surface area contributed by atoms with E-state index in [4.69, 9.17) is 0 Å². The lowest BCUT2D eigenvalue weighted by Crippen LogP contribution is -2.50. The number of hydrogen-bond donors (Lipinski definition) is 2. The number of rotatable bonds is 8. The summed E-state index contributed by atoms with van der Waals surface area (Å²) in [4.78, 5) is 4.64. The molecule has 1 atom stereocenters. The second-order valence-corrected chi connectivity index (χ2v) is 9.55. The fraction of sp³-hybridized carbons (Fsp3) is 0.423. The van der Waals surface area contributed by atoms with Crippen molar-refractivity contribution in [1.82, 2.24) is 9.99 Å². The quantitative estimate of drug-likeness (QED) is 0.326. The highest BCUT2D eigenvalue weighted by Crippen LogP contribution is 2.39. The summed E-state index contributed by atoms with van der Waals surface area (Å²) in [5, 5.41) is 16.1. The van der Waals surface area contributed by atoms with E-state index in [1.165, 1.54) is 19.3 Å². The van der Waals surface area contributed by atoms with Crippen molar-refractivity contribution in [1.29, 1.82) is 0 Å². The first-order chi connectivity index (χ1) is 16.0. The maximum atomic E-state index is 11.9. The van der Waals surface area contributed by atoms with Gasteiger partial charge in [0.05, 0.1) is 17.0 Å². The lowest BCUT2D eigenvalue weighted by atomic mass is 9.93. The summed E-state index contributed by atoms with van der Waals surface area (Å²) in [6.45, 7) is 6.00. The minimum atomic E-state index is -1.98. The number of pyridine rings is 1. The van der Waals surface area contributed by atoms with Crippen molar-refractivity contribution in [3.05, 3.63) is 54.2 Å². The van der Waals surface area contributed by atoms with E-state index >= 15 is 0 Å². The summed E-state index contributed by atoms with van der Waals surface area (Å²) >= 11 is -1.98. The zero-order chi connectivity index (χ0) is 23.4. The van der Waals surface area contributed by atoms with Gasteiger partial charge in [0.1, 0.15) is 5.75 Å². The fourth-order valence-electron chi connectivity index (χ4n) is 5.02. The standard InChI is InChI=1S/C26H33N3O3S/c1-3-28(4-2)29(21-10-6-5-7-11-21)26-20(18-33(31)32)17-27-24-15-14-19(16-23(24)26)22-12-8-9-13-25(22)30/h8-9,12-17,21,30H,3-7,10-11,18H2,1-2H3,(H,31,32). The van der Waals surface area contributed by atoms with Crippen molar-refractivity contribution < 1.29 is 13.9 Å². The molecule has 1 heterocycles. The Labute approximate surface area is 198 Å². The minimum Gasteiger partial charge on any atom is -0.507 e. The number of aromatic hydroxyl groups is 1. The molecule has 0 amide bonds. The molecule has 1 aromatic heterocycles. The molecule has 33 heavy (non-hydrogen) atoms. The molecule has 1 aliphatic rings. The van der Waals surface area contributed by atoms with Gasteiger partial charge in [-0.25, -0.2) is 9.22 Å². The fourth-order valence-corrected chi connectivity index (χ4v) is 5.50. The van der Waals surface area contributed by atoms with Crippen molar-refractivity contribution in [2.75, 3.05) is 18.1 Å². The van der Waals surface area contributed by atoms with Crippen LogP contribution in [0.5, 0.6) is 5.75 Å². The first-order valence-corrected chi connectivity index (χ1v) is 13.1. The Morgan fingerprint density at radius 3 is 2.45 bits per heavy atom. The van der Waals surface area contributed by atoms with E-state index < -0.39 is 11.1 Å². The summed E-state index contributed by atoms with van der Waals surface area (Å²) in [6.07, 6.45) is 7.59. The van der Waals surface area contributed by atoms with E-state index in [0.29, 0.717) is 6.04 Å². The molecule has 176 valence electrons. The molecule has 0 radical (unpaired) electrons. The van der Waals surface area contributed by atoms with Crippen LogP contribution in [0, 0.1) is 0 Å². The van der Waals surface area contributed by atoms with Crippen LogP contribution in [0.4, 0.5) is 5.69 Å². The van der Waals surface area contributed by atoms with Crippen LogP contribution in [0.2, 0.25) is 0 Å². The number of hydrogen-bond acceptors (Lipinski definition) is 5. The number of phenolic OH excluding ortho intramolecular Hbond substituents is 1. The zero-order valence-electron chi connectivity index (χ0n) is 19.4. The van der Waals surface area contributed by atoms with Gasteiger partial charge in [-0.2, -0.15) is 0 Å². The maximum Gasteiger partial charge on any atom is 0.157 e. The van der Waals surface area contributed by atoms with E-state index in [1.54, 1.807) is 12.3 Å². The van der Waals surface area contributed by atoms with E-state index in [2.05, 4.69) is 34.9 Å². The molecule has 1 unspecified atom stereocenters. The van der Waals surface area contributed by atoms with Crippen LogP contribution in [0.15, 0.2) is 48.7 Å². The highest BCUT2D eigenvalue weighted by atomic mass is 32.2. The van der Waals surface area contributed by atoms with Gasteiger partial charge in [0, 0.05) is 41.8 Å². The van der Waals surface area contributed by atoms with Crippen molar-refractivity contribution >= 4 is 27.7 Å². The molecule has 1 fully saturated rings. The number of benzene rings is 2. The van der Waals surface area contributed by atoms with Crippen LogP contribution >= 0.6 is 0 Å². The molecule has 0 aliphatic heterocycles. The molecule has 1 aliphatic carbocycles. The predicted molar refractivity (Wildman–Crippen MR) is 136 cm³/mol. The molecule has 0 spiro atoms. The number of hydrazine groups is 1. The van der Waals surface area contributed by atoms with Crippen LogP contribution in [0.3, 0.4) is 0 Å². The Hall–Kier alpha value is -2.48. The first kappa shape index (κ1) is 23.7. The van der Waals surface area contributed by atoms with Gasteiger partial charge >= 0.3 is 0 Å². The highest BCUT2D eigenvalue weighted by molar-refractivity contribution is 7.78. The molecular weight excluding hydrogens is 434 g/mol. The SMILES string of the molecule is CCN(CC)N(c1c(CS(=O)O)cnc2ccc(-c3ccccc3O)cc12)C1CCCCC1. The van der Waals surface area contributed by atoms with Gasteiger partial charge < -0.3 is 14.7 Å². The molecule has 2 N–H and O–H groups in total. The third-order valence-electron chi connectivity index (χ3n) is 6.59. The van der Waals surface area contributed by atoms with Gasteiger partial charge in [-0.05, 0) is 36.6 Å². The van der Waals surface area contributed by atoms with Crippen LogP contribution in [-0.4, -0.2) is 43.0 Å². The predicted octanol–water partition coefficient (Wildman–Crippen LogP) is 5.73. The maximum absolute atomic E-state index is 11.9. The molecule has 1 saturated carbocycles. The van der Waals surface area contributed by atoms with Crippen molar-refractivity contribution in [2.45, 2.75) is 57.7 Å². The molecule has 0 bridgehead atoms. The molecule has 2 aromatic carbocycles. The summed E-state index contributed by atoms with van der Waals surface area (Å²) in [5.74, 6) is 0.260. The molecule has 3 aromatic rings. The van der Waals surface area contributed by atoms with Crippen LogP contribution < -0.4 is 5.01 Å². The van der Waals surface area contributed by atoms with Crippen LogP contribution in [-0.2, 0) is 16.8 Å². The van der Waals surface area contributed by atoms with Gasteiger partial charge in [-0.3, -0.25) is 4.98 Å². The van der Waals surface area contributed by atoms with Gasteiger partial charge in [-0.15, -0.1) is 0 Å². The normalized spacial score (nSPS) is 15.8. The Morgan fingerprint density at radius 2 is 1.79 bits per heavy atom. The largest absolute Gasteiger partial charge is 0.507 e. The van der Waals surface area contributed by atoms with Crippen LogP contribution in [0.25, 0.3) is 22.0 Å². The average molecular weight is 468 g/mol. The van der Waals surface area contributed by atoms with E-state index in [-0.39, 0.29) is 11.5 Å². The summed E-state index contributed by atoms with van der Waals surface area (Å²) in [5.41, 5.74) is 4.23. The number of nitrogens with zero attached hydrogens (tertiary/aromatic N) is 3. The lowest BCUT2D eigenvalue weighted by Gasteiger charge is -2.44. The van der Waals surface area contributed by atoms with Gasteiger partial charge in [0.2, 0.25) is 0 Å². The van der Waals surface area contributed by atoms with Gasteiger partial charge in [0.15, 0.2) is 11.1 Å². The van der Waals surface area contributed by atoms with Gasteiger partial charge in [-0.1, -0.05) is 57.4 Å². The molecule has 0 saturated heterocycles. The second-order valence-electron chi connectivity index (χ2n) is 8.62. The minimum absolute atomic E-state index is 0.0313. The van der Waals surface area contributed by atoms with Crippen molar-refractivity contribution in [2.24, 2.45) is 0 Å². The van der Waals surface area contributed by atoms with Crippen molar-refractivity contribution in [3.63, 3.8) is 0 Å². The Bertz CT molecular complexity index is 1130. The Kier molecular flexibility index (Phi) is 7.63. The summed E-state index contributed by atoms with van der Waals surface area (Å²) in [6, 6.07) is 13.7. The summed E-state index contributed by atoms with van der Waals surface area (Å²) < 4.78 is 21.7. The van der Waals surface area contributed by atoms with Gasteiger partial charge in [0.25, 0.3) is 0 Å². The first-order valence-electron chi connectivity index (χ1n) is 11.8. The third-order valence-corrected chi connectivity index (χ3v) is 7.15. The Morgan fingerprint density at radius 1 is 1.06 bits per heavy atom. The topological polar surface area (TPSA) is 76.9 Å². The number of fused-ring (bicyclic) bond motifs is 1. The molecule has 7 heteroatoms. The zero-order valence-corrected chi connectivity index (χ0v) is 20.2. The van der Waals surface area contributed by atoms with Crippen LogP contribution in [0.1, 0.15) is 51.5 Å².